The van der Waals surface area contributed by atoms with E-state index in [1.165, 1.54) is 11.8 Å². The highest BCUT2D eigenvalue weighted by molar-refractivity contribution is 7.98. The van der Waals surface area contributed by atoms with Crippen LogP contribution >= 0.6 is 11.8 Å². The third-order valence-electron chi connectivity index (χ3n) is 1.44. The summed E-state index contributed by atoms with van der Waals surface area (Å²) in [4.78, 5) is 11.2. The number of ether oxygens (including phenoxy) is 1. The van der Waals surface area contributed by atoms with Gasteiger partial charge in [-0.15, -0.1) is 11.8 Å². The number of esters is 1. The third kappa shape index (κ3) is 1.95. The fourth-order valence-electron chi connectivity index (χ4n) is 0.849. The number of nitrogens with two attached hydrogens (primary N) is 1. The first kappa shape index (κ1) is 9.91. The van der Waals surface area contributed by atoms with Crippen LogP contribution in [-0.2, 0) is 4.74 Å². The minimum absolute atomic E-state index is 0.228. The molecule has 0 aliphatic heterocycles. The summed E-state index contributed by atoms with van der Waals surface area (Å²) in [5.74, 6) is -0.465. The number of rotatable bonds is 3. The first-order valence-electron chi connectivity index (χ1n) is 3.75. The van der Waals surface area contributed by atoms with Crippen molar-refractivity contribution in [1.29, 1.82) is 0 Å². The molecule has 0 fully saturated rings. The Labute approximate surface area is 80.0 Å². The van der Waals surface area contributed by atoms with Crippen molar-refractivity contribution in [3.05, 3.63) is 5.69 Å². The Balaban J connectivity index is 2.89. The predicted octanol–water partition coefficient (Wildman–Crippen LogP) is 0.891. The molecule has 0 atom stereocenters. The Hall–Kier alpha value is -1.17. The highest BCUT2D eigenvalue weighted by Crippen LogP contribution is 2.22. The monoisotopic (exact) mass is 201 g/mol. The van der Waals surface area contributed by atoms with E-state index in [0.717, 1.165) is 0 Å². The van der Waals surface area contributed by atoms with Gasteiger partial charge in [0, 0.05) is 0 Å². The van der Waals surface area contributed by atoms with Crippen molar-refractivity contribution in [1.82, 2.24) is 10.2 Å². The summed E-state index contributed by atoms with van der Waals surface area (Å²) < 4.78 is 4.77. The van der Waals surface area contributed by atoms with E-state index >= 15 is 0 Å². The highest BCUT2D eigenvalue weighted by Gasteiger charge is 2.16. The maximum absolute atomic E-state index is 11.2. The van der Waals surface area contributed by atoms with Crippen LogP contribution in [0.25, 0.3) is 0 Å². The maximum Gasteiger partial charge on any atom is 0.358 e. The van der Waals surface area contributed by atoms with E-state index in [2.05, 4.69) is 10.2 Å². The van der Waals surface area contributed by atoms with E-state index in [0.29, 0.717) is 17.3 Å². The van der Waals surface area contributed by atoms with E-state index in [9.17, 15) is 4.79 Å². The molecule has 0 aliphatic carbocycles. The van der Waals surface area contributed by atoms with E-state index in [1.54, 1.807) is 6.92 Å². The number of aromatic amines is 1. The molecule has 0 aliphatic rings. The summed E-state index contributed by atoms with van der Waals surface area (Å²) in [7, 11) is 0. The summed E-state index contributed by atoms with van der Waals surface area (Å²) in [6.07, 6.45) is 1.83. The molecular formula is C7H11N3O2S. The molecule has 1 aromatic heterocycles. The zero-order valence-electron chi connectivity index (χ0n) is 7.46. The molecule has 72 valence electrons. The lowest BCUT2D eigenvalue weighted by molar-refractivity contribution is 0.0520. The zero-order chi connectivity index (χ0) is 9.84. The summed E-state index contributed by atoms with van der Waals surface area (Å²) in [6.45, 7) is 2.06. The number of aromatic nitrogens is 2. The number of thioether (sulfide) groups is 1. The van der Waals surface area contributed by atoms with Gasteiger partial charge in [0.25, 0.3) is 0 Å². The van der Waals surface area contributed by atoms with Crippen LogP contribution in [0.1, 0.15) is 17.4 Å². The molecule has 0 saturated carbocycles. The number of nitrogens with one attached hydrogen (secondary N) is 1. The van der Waals surface area contributed by atoms with Gasteiger partial charge < -0.3 is 10.5 Å². The molecule has 1 heterocycles. The topological polar surface area (TPSA) is 81.0 Å². The fraction of sp³-hybridized carbons (Fsp3) is 0.429. The number of nitrogen functional groups attached to an aromatic ring is 1. The summed E-state index contributed by atoms with van der Waals surface area (Å²) in [6, 6.07) is 0. The zero-order valence-corrected chi connectivity index (χ0v) is 8.27. The molecule has 0 radical (unpaired) electrons. The van der Waals surface area contributed by atoms with Crippen molar-refractivity contribution < 1.29 is 9.53 Å². The van der Waals surface area contributed by atoms with Gasteiger partial charge in [-0.3, -0.25) is 5.10 Å². The van der Waals surface area contributed by atoms with Gasteiger partial charge in [-0.05, 0) is 13.2 Å². The number of nitrogens with zero attached hydrogens (tertiary/aromatic N) is 1. The van der Waals surface area contributed by atoms with Gasteiger partial charge >= 0.3 is 5.97 Å². The van der Waals surface area contributed by atoms with E-state index in [4.69, 9.17) is 10.5 Å². The Morgan fingerprint density at radius 2 is 2.46 bits per heavy atom. The molecule has 0 bridgehead atoms. The van der Waals surface area contributed by atoms with Crippen LogP contribution in [0.2, 0.25) is 0 Å². The molecule has 0 saturated heterocycles. The molecule has 0 aromatic carbocycles. The van der Waals surface area contributed by atoms with Crippen LogP contribution < -0.4 is 5.73 Å². The molecule has 5 nitrogen and oxygen atoms in total. The van der Waals surface area contributed by atoms with Crippen LogP contribution in [0.4, 0.5) is 5.69 Å². The molecule has 13 heavy (non-hydrogen) atoms. The van der Waals surface area contributed by atoms with Gasteiger partial charge in [-0.2, -0.15) is 5.10 Å². The van der Waals surface area contributed by atoms with Crippen LogP contribution in [0, 0.1) is 0 Å². The smallest absolute Gasteiger partial charge is 0.358 e. The van der Waals surface area contributed by atoms with E-state index in [-0.39, 0.29) is 5.69 Å². The predicted molar refractivity (Wildman–Crippen MR) is 50.7 cm³/mol. The molecule has 3 N–H and O–H groups in total. The number of hydrogen-bond acceptors (Lipinski definition) is 5. The standard InChI is InChI=1S/C7H11N3O2S/c1-3-12-7(11)5-4(8)6(13-2)10-9-5/h3,8H2,1-2H3,(H,9,10). The maximum atomic E-state index is 11.2. The quantitative estimate of drug-likeness (QED) is 0.560. The fourth-order valence-corrected chi connectivity index (χ4v) is 1.31. The molecule has 1 aromatic rings. The van der Waals surface area contributed by atoms with Crippen LogP contribution in [0.3, 0.4) is 0 Å². The van der Waals surface area contributed by atoms with Crippen molar-refractivity contribution in [3.8, 4) is 0 Å². The average molecular weight is 201 g/mol. The summed E-state index contributed by atoms with van der Waals surface area (Å²) in [5.41, 5.74) is 6.21. The number of hydrogen-bond donors (Lipinski definition) is 2. The molecule has 0 spiro atoms. The lowest BCUT2D eigenvalue weighted by atomic mass is 10.4. The Kier molecular flexibility index (Phi) is 3.18. The number of H-pyrrole nitrogens is 1. The molecule has 0 amide bonds. The summed E-state index contributed by atoms with van der Waals surface area (Å²) >= 11 is 1.38. The molecular weight excluding hydrogens is 190 g/mol. The van der Waals surface area contributed by atoms with E-state index < -0.39 is 5.97 Å². The average Bonchev–Trinajstić information content (AvgIpc) is 2.47. The Morgan fingerprint density at radius 1 is 1.77 bits per heavy atom. The second-order valence-corrected chi connectivity index (χ2v) is 3.04. The minimum Gasteiger partial charge on any atom is -0.461 e. The number of carbonyl (C=O) groups excluding carboxylic acids is 1. The lowest BCUT2D eigenvalue weighted by Gasteiger charge is -1.98. The van der Waals surface area contributed by atoms with Crippen LogP contribution in [0.5, 0.6) is 0 Å². The van der Waals surface area contributed by atoms with Gasteiger partial charge in [0.2, 0.25) is 0 Å². The van der Waals surface area contributed by atoms with Crippen LogP contribution in [-0.4, -0.2) is 29.0 Å². The SMILES string of the molecule is CCOC(=O)c1[nH]nc(SC)c1N. The van der Waals surface area contributed by atoms with Gasteiger partial charge in [0.15, 0.2) is 5.69 Å². The van der Waals surface area contributed by atoms with Crippen molar-refractivity contribution in [3.63, 3.8) is 0 Å². The second-order valence-electron chi connectivity index (χ2n) is 2.24. The first-order chi connectivity index (χ1) is 6.20. The van der Waals surface area contributed by atoms with Gasteiger partial charge in [-0.25, -0.2) is 4.79 Å². The number of carbonyl (C=O) groups is 1. The Morgan fingerprint density at radius 3 is 2.92 bits per heavy atom. The van der Waals surface area contributed by atoms with Crippen molar-refractivity contribution >= 4 is 23.4 Å². The molecule has 1 rings (SSSR count). The first-order valence-corrected chi connectivity index (χ1v) is 4.98. The van der Waals surface area contributed by atoms with Crippen LogP contribution in [0.15, 0.2) is 5.03 Å². The van der Waals surface area contributed by atoms with Crippen molar-refractivity contribution in [2.75, 3.05) is 18.6 Å². The second kappa shape index (κ2) is 4.18. The molecule has 6 heteroatoms. The minimum atomic E-state index is -0.465. The van der Waals surface area contributed by atoms with E-state index in [1.807, 2.05) is 6.26 Å². The third-order valence-corrected chi connectivity index (χ3v) is 2.14. The summed E-state index contributed by atoms with van der Waals surface area (Å²) in [5, 5.41) is 7.00. The van der Waals surface area contributed by atoms with Crippen molar-refractivity contribution in [2.45, 2.75) is 11.9 Å². The van der Waals surface area contributed by atoms with Crippen molar-refractivity contribution in [2.24, 2.45) is 0 Å². The number of anilines is 1. The normalized spacial score (nSPS) is 10.0. The largest absolute Gasteiger partial charge is 0.461 e. The highest BCUT2D eigenvalue weighted by atomic mass is 32.2. The van der Waals surface area contributed by atoms with Gasteiger partial charge in [0.05, 0.1) is 12.3 Å². The molecule has 0 unspecified atom stereocenters. The van der Waals surface area contributed by atoms with Gasteiger partial charge in [0.1, 0.15) is 5.03 Å². The van der Waals surface area contributed by atoms with Gasteiger partial charge in [-0.1, -0.05) is 0 Å². The lowest BCUT2D eigenvalue weighted by Crippen LogP contribution is -2.07. The Bertz CT molecular complexity index is 311.